The zero-order valence-electron chi connectivity index (χ0n) is 19.8. The fraction of sp³-hybridized carbons (Fsp3) is 0.583. The topological polar surface area (TPSA) is 95.8 Å². The molecule has 1 amide bonds. The van der Waals surface area contributed by atoms with Gasteiger partial charge in [0, 0.05) is 43.2 Å². The van der Waals surface area contributed by atoms with Crippen LogP contribution < -0.4 is 10.2 Å². The summed E-state index contributed by atoms with van der Waals surface area (Å²) in [5, 5.41) is 6.68. The molecule has 1 N–H and O–H groups in total. The van der Waals surface area contributed by atoms with Crippen molar-refractivity contribution in [2.24, 2.45) is 0 Å². The highest BCUT2D eigenvalue weighted by Gasteiger charge is 2.31. The van der Waals surface area contributed by atoms with E-state index in [2.05, 4.69) is 15.4 Å². The third-order valence-electron chi connectivity index (χ3n) is 6.34. The smallest absolute Gasteiger partial charge is 0.256 e. The summed E-state index contributed by atoms with van der Waals surface area (Å²) < 4.78 is 34.2. The van der Waals surface area contributed by atoms with Crippen molar-refractivity contribution >= 4 is 27.4 Å². The molecule has 0 aliphatic carbocycles. The van der Waals surface area contributed by atoms with E-state index in [1.807, 2.05) is 20.8 Å². The molecule has 2 saturated heterocycles. The second kappa shape index (κ2) is 9.46. The molecule has 1 aromatic carbocycles. The SMILES string of the molecule is CC(C)(C)c1cc(NC(=O)c2ccc(N3CCCCC3)c(S(=O)(=O)N3CCCCC3)c2)no1. The fourth-order valence-corrected chi connectivity index (χ4v) is 6.13. The number of nitrogens with one attached hydrogen (secondary N) is 1. The quantitative estimate of drug-likeness (QED) is 0.691. The number of benzene rings is 1. The minimum absolute atomic E-state index is 0.217. The van der Waals surface area contributed by atoms with Crippen LogP contribution in [0.25, 0.3) is 0 Å². The Bertz CT molecular complexity index is 1090. The Morgan fingerprint density at radius 3 is 2.21 bits per heavy atom. The van der Waals surface area contributed by atoms with Crippen LogP contribution in [0.5, 0.6) is 0 Å². The molecule has 0 spiro atoms. The molecule has 2 aliphatic rings. The Kier molecular flexibility index (Phi) is 6.81. The lowest BCUT2D eigenvalue weighted by molar-refractivity contribution is 0.102. The molecule has 180 valence electrons. The van der Waals surface area contributed by atoms with E-state index in [1.54, 1.807) is 22.5 Å². The van der Waals surface area contributed by atoms with Crippen LogP contribution in [0.4, 0.5) is 11.5 Å². The van der Waals surface area contributed by atoms with Gasteiger partial charge in [0.2, 0.25) is 10.0 Å². The predicted octanol–water partition coefficient (Wildman–Crippen LogP) is 4.39. The van der Waals surface area contributed by atoms with Gasteiger partial charge in [-0.2, -0.15) is 4.31 Å². The molecule has 0 saturated carbocycles. The maximum atomic E-state index is 13.6. The molecule has 2 fully saturated rings. The molecule has 1 aromatic heterocycles. The third kappa shape index (κ3) is 5.24. The molecule has 33 heavy (non-hydrogen) atoms. The van der Waals surface area contributed by atoms with E-state index in [-0.39, 0.29) is 15.9 Å². The van der Waals surface area contributed by atoms with Gasteiger partial charge in [0.25, 0.3) is 5.91 Å². The highest BCUT2D eigenvalue weighted by Crippen LogP contribution is 2.33. The number of sulfonamides is 1. The van der Waals surface area contributed by atoms with E-state index >= 15 is 0 Å². The van der Waals surface area contributed by atoms with Crippen molar-refractivity contribution in [3.63, 3.8) is 0 Å². The summed E-state index contributed by atoms with van der Waals surface area (Å²) in [4.78, 5) is 15.4. The van der Waals surface area contributed by atoms with Crippen molar-refractivity contribution in [3.8, 4) is 0 Å². The third-order valence-corrected chi connectivity index (χ3v) is 8.27. The summed E-state index contributed by atoms with van der Waals surface area (Å²) in [7, 11) is -3.71. The first-order valence-corrected chi connectivity index (χ1v) is 13.3. The van der Waals surface area contributed by atoms with Gasteiger partial charge >= 0.3 is 0 Å². The number of anilines is 2. The average molecular weight is 475 g/mol. The Hall–Kier alpha value is -2.39. The first-order chi connectivity index (χ1) is 15.7. The van der Waals surface area contributed by atoms with Gasteiger partial charge in [-0.1, -0.05) is 32.3 Å². The molecule has 0 unspecified atom stereocenters. The van der Waals surface area contributed by atoms with E-state index in [9.17, 15) is 13.2 Å². The number of carbonyl (C=O) groups is 1. The van der Waals surface area contributed by atoms with Gasteiger partial charge in [0.1, 0.15) is 10.7 Å². The summed E-state index contributed by atoms with van der Waals surface area (Å²) in [6, 6.07) is 6.69. The van der Waals surface area contributed by atoms with Gasteiger partial charge in [-0.25, -0.2) is 8.42 Å². The van der Waals surface area contributed by atoms with Crippen molar-refractivity contribution in [2.45, 2.75) is 69.6 Å². The van der Waals surface area contributed by atoms with Crippen LogP contribution in [-0.4, -0.2) is 50.0 Å². The van der Waals surface area contributed by atoms with Gasteiger partial charge in [0.05, 0.1) is 5.69 Å². The molecule has 2 aliphatic heterocycles. The highest BCUT2D eigenvalue weighted by atomic mass is 32.2. The maximum Gasteiger partial charge on any atom is 0.256 e. The van der Waals surface area contributed by atoms with Crippen molar-refractivity contribution in [2.75, 3.05) is 36.4 Å². The number of amides is 1. The number of hydrogen-bond acceptors (Lipinski definition) is 6. The molecule has 0 radical (unpaired) electrons. The van der Waals surface area contributed by atoms with Crippen molar-refractivity contribution in [1.82, 2.24) is 9.46 Å². The summed E-state index contributed by atoms with van der Waals surface area (Å²) in [5.41, 5.74) is 0.738. The number of nitrogens with zero attached hydrogens (tertiary/aromatic N) is 3. The largest absolute Gasteiger partial charge is 0.370 e. The summed E-state index contributed by atoms with van der Waals surface area (Å²) in [6.45, 7) is 8.67. The molecule has 0 bridgehead atoms. The number of hydrogen-bond donors (Lipinski definition) is 1. The van der Waals surface area contributed by atoms with E-state index in [4.69, 9.17) is 4.52 Å². The minimum Gasteiger partial charge on any atom is -0.370 e. The van der Waals surface area contributed by atoms with Gasteiger partial charge in [0.15, 0.2) is 5.82 Å². The van der Waals surface area contributed by atoms with Crippen LogP contribution >= 0.6 is 0 Å². The Morgan fingerprint density at radius 2 is 1.61 bits per heavy atom. The van der Waals surface area contributed by atoms with Crippen LogP contribution in [0.2, 0.25) is 0 Å². The van der Waals surface area contributed by atoms with Crippen LogP contribution in [0.1, 0.15) is 75.4 Å². The lowest BCUT2D eigenvalue weighted by atomic mass is 9.93. The molecule has 8 nitrogen and oxygen atoms in total. The summed E-state index contributed by atoms with van der Waals surface area (Å²) in [6.07, 6.45) is 5.99. The Morgan fingerprint density at radius 1 is 0.970 bits per heavy atom. The number of aromatic nitrogens is 1. The van der Waals surface area contributed by atoms with Crippen LogP contribution in [0, 0.1) is 0 Å². The van der Waals surface area contributed by atoms with Crippen molar-refractivity contribution < 1.29 is 17.7 Å². The number of rotatable bonds is 5. The van der Waals surface area contributed by atoms with Crippen LogP contribution in [0.3, 0.4) is 0 Å². The van der Waals surface area contributed by atoms with Gasteiger partial charge < -0.3 is 14.7 Å². The molecule has 3 heterocycles. The van der Waals surface area contributed by atoms with Crippen LogP contribution in [0.15, 0.2) is 33.7 Å². The highest BCUT2D eigenvalue weighted by molar-refractivity contribution is 7.89. The monoisotopic (exact) mass is 474 g/mol. The summed E-state index contributed by atoms with van der Waals surface area (Å²) >= 11 is 0. The second-order valence-electron chi connectivity index (χ2n) is 9.98. The molecule has 2 aromatic rings. The van der Waals surface area contributed by atoms with E-state index < -0.39 is 15.9 Å². The van der Waals surface area contributed by atoms with Gasteiger partial charge in [-0.05, 0) is 50.3 Å². The normalized spacial score (nSPS) is 18.3. The van der Waals surface area contributed by atoms with E-state index in [0.29, 0.717) is 30.4 Å². The fourth-order valence-electron chi connectivity index (χ4n) is 4.38. The maximum absolute atomic E-state index is 13.6. The number of piperidine rings is 2. The second-order valence-corrected chi connectivity index (χ2v) is 11.9. The average Bonchev–Trinajstić information content (AvgIpc) is 3.29. The molecule has 9 heteroatoms. The Labute approximate surface area is 196 Å². The molecule has 0 atom stereocenters. The molecular formula is C24H34N4O4S. The zero-order chi connectivity index (χ0) is 23.6. The van der Waals surface area contributed by atoms with Crippen molar-refractivity contribution in [1.29, 1.82) is 0 Å². The van der Waals surface area contributed by atoms with Gasteiger partial charge in [-0.3, -0.25) is 4.79 Å². The van der Waals surface area contributed by atoms with E-state index in [0.717, 1.165) is 51.6 Å². The Balaban J connectivity index is 1.66. The first-order valence-electron chi connectivity index (χ1n) is 11.8. The van der Waals surface area contributed by atoms with Crippen molar-refractivity contribution in [3.05, 3.63) is 35.6 Å². The van der Waals surface area contributed by atoms with E-state index in [1.165, 1.54) is 6.07 Å². The molecular weight excluding hydrogens is 440 g/mol. The minimum atomic E-state index is -3.71. The number of carbonyl (C=O) groups excluding carboxylic acids is 1. The lowest BCUT2D eigenvalue weighted by Crippen LogP contribution is -2.37. The molecule has 4 rings (SSSR count). The van der Waals surface area contributed by atoms with Gasteiger partial charge in [-0.15, -0.1) is 0 Å². The lowest BCUT2D eigenvalue weighted by Gasteiger charge is -2.33. The first kappa shape index (κ1) is 23.8. The van der Waals surface area contributed by atoms with Crippen LogP contribution in [-0.2, 0) is 15.4 Å². The summed E-state index contributed by atoms with van der Waals surface area (Å²) in [5.74, 6) is 0.557. The predicted molar refractivity (Wildman–Crippen MR) is 128 cm³/mol. The zero-order valence-corrected chi connectivity index (χ0v) is 20.6. The standard InChI is InChI=1S/C24H34N4O4S/c1-24(2,3)21-17-22(26-32-21)25-23(29)18-10-11-19(27-12-6-4-7-13-27)20(16-18)33(30,31)28-14-8-5-9-15-28/h10-11,16-17H,4-9,12-15H2,1-3H3,(H,25,26,29).